The maximum absolute atomic E-state index is 12.2. The summed E-state index contributed by atoms with van der Waals surface area (Å²) >= 11 is 0. The van der Waals surface area contributed by atoms with Gasteiger partial charge in [-0.2, -0.15) is 0 Å². The van der Waals surface area contributed by atoms with E-state index in [0.29, 0.717) is 11.9 Å². The monoisotopic (exact) mass is 255 g/mol. The zero-order valence-electron chi connectivity index (χ0n) is 12.4. The van der Waals surface area contributed by atoms with Crippen LogP contribution < -0.4 is 5.32 Å². The molecule has 0 aromatic carbocycles. The minimum Gasteiger partial charge on any atom is -0.341 e. The van der Waals surface area contributed by atoms with Gasteiger partial charge in [-0.3, -0.25) is 4.79 Å². The number of carbonyl (C=O) groups is 1. The normalized spacial score (nSPS) is 21.1. The van der Waals surface area contributed by atoms with E-state index in [1.807, 2.05) is 4.90 Å². The number of piperidine rings is 1. The molecule has 1 aliphatic rings. The van der Waals surface area contributed by atoms with Crippen molar-refractivity contribution >= 4 is 5.91 Å². The van der Waals surface area contributed by atoms with Crippen LogP contribution in [0.5, 0.6) is 0 Å². The Bertz CT molecular complexity index is 253. The second-order valence-electron chi connectivity index (χ2n) is 5.51. The van der Waals surface area contributed by atoms with Gasteiger partial charge in [0.05, 0.1) is 6.04 Å². The van der Waals surface area contributed by atoms with Crippen LogP contribution in [0.25, 0.3) is 0 Å². The van der Waals surface area contributed by atoms with Crippen molar-refractivity contribution in [2.45, 2.75) is 52.1 Å². The minimum absolute atomic E-state index is 0.0616. The van der Waals surface area contributed by atoms with E-state index >= 15 is 0 Å². The van der Waals surface area contributed by atoms with Crippen molar-refractivity contribution in [3.8, 4) is 0 Å². The van der Waals surface area contributed by atoms with Gasteiger partial charge in [0, 0.05) is 19.1 Å². The summed E-state index contributed by atoms with van der Waals surface area (Å²) in [5, 5.41) is 3.28. The third-order valence-electron chi connectivity index (χ3n) is 3.80. The first kappa shape index (κ1) is 15.4. The van der Waals surface area contributed by atoms with Crippen LogP contribution in [0.1, 0.15) is 40.0 Å². The fourth-order valence-electron chi connectivity index (χ4n) is 2.37. The molecule has 1 unspecified atom stereocenters. The smallest absolute Gasteiger partial charge is 0.239 e. The standard InChI is InChI=1S/C14H29N3O/c1-5-15-13-8-6-10-17(14(13)18)11-7-9-16(4)12(2)3/h12-13,15H,5-11H2,1-4H3. The second kappa shape index (κ2) is 7.74. The van der Waals surface area contributed by atoms with Gasteiger partial charge in [0.25, 0.3) is 0 Å². The van der Waals surface area contributed by atoms with Crippen LogP contribution >= 0.6 is 0 Å². The van der Waals surface area contributed by atoms with Gasteiger partial charge in [-0.05, 0) is 53.2 Å². The molecule has 1 heterocycles. The van der Waals surface area contributed by atoms with E-state index < -0.39 is 0 Å². The third-order valence-corrected chi connectivity index (χ3v) is 3.80. The summed E-state index contributed by atoms with van der Waals surface area (Å²) in [5.74, 6) is 0.301. The Kier molecular flexibility index (Phi) is 6.65. The number of rotatable bonds is 7. The van der Waals surface area contributed by atoms with Crippen molar-refractivity contribution in [1.29, 1.82) is 0 Å². The van der Waals surface area contributed by atoms with Gasteiger partial charge in [-0.15, -0.1) is 0 Å². The number of likely N-dealkylation sites (N-methyl/N-ethyl adjacent to an activating group) is 1. The van der Waals surface area contributed by atoms with Gasteiger partial charge in [-0.25, -0.2) is 0 Å². The number of carbonyl (C=O) groups excluding carboxylic acids is 1. The quantitative estimate of drug-likeness (QED) is 0.745. The van der Waals surface area contributed by atoms with Gasteiger partial charge in [0.2, 0.25) is 5.91 Å². The number of nitrogens with one attached hydrogen (secondary N) is 1. The Labute approximate surface area is 112 Å². The SMILES string of the molecule is CCNC1CCCN(CCCN(C)C(C)C)C1=O. The summed E-state index contributed by atoms with van der Waals surface area (Å²) in [7, 11) is 2.14. The lowest BCUT2D eigenvalue weighted by atomic mass is 10.0. The van der Waals surface area contributed by atoms with Gasteiger partial charge < -0.3 is 15.1 Å². The molecule has 1 saturated heterocycles. The van der Waals surface area contributed by atoms with Crippen LogP contribution in [0, 0.1) is 0 Å². The lowest BCUT2D eigenvalue weighted by molar-refractivity contribution is -0.136. The fraction of sp³-hybridized carbons (Fsp3) is 0.929. The molecule has 1 amide bonds. The summed E-state index contributed by atoms with van der Waals surface area (Å²) < 4.78 is 0. The lowest BCUT2D eigenvalue weighted by Gasteiger charge is -2.33. The van der Waals surface area contributed by atoms with Crippen LogP contribution in [0.3, 0.4) is 0 Å². The van der Waals surface area contributed by atoms with Crippen LogP contribution in [0.4, 0.5) is 0 Å². The molecule has 106 valence electrons. The van der Waals surface area contributed by atoms with Crippen LogP contribution in [-0.4, -0.2) is 61.0 Å². The molecule has 0 saturated carbocycles. The summed E-state index contributed by atoms with van der Waals surface area (Å²) in [6.07, 6.45) is 3.19. The topological polar surface area (TPSA) is 35.6 Å². The molecule has 0 bridgehead atoms. The molecule has 0 aromatic rings. The number of likely N-dealkylation sites (tertiary alicyclic amines) is 1. The van der Waals surface area contributed by atoms with Crippen molar-refractivity contribution in [2.75, 3.05) is 33.2 Å². The molecule has 0 radical (unpaired) electrons. The predicted molar refractivity (Wildman–Crippen MR) is 75.7 cm³/mol. The molecule has 1 N–H and O–H groups in total. The zero-order valence-corrected chi connectivity index (χ0v) is 12.4. The molecule has 4 nitrogen and oxygen atoms in total. The summed E-state index contributed by atoms with van der Waals surface area (Å²) in [6, 6.07) is 0.642. The van der Waals surface area contributed by atoms with Gasteiger partial charge in [0.1, 0.15) is 0 Å². The average Bonchev–Trinajstić information content (AvgIpc) is 2.33. The molecule has 1 aliphatic heterocycles. The van der Waals surface area contributed by atoms with E-state index in [1.165, 1.54) is 0 Å². The molecule has 4 heteroatoms. The molecule has 0 aliphatic carbocycles. The molecule has 0 spiro atoms. The van der Waals surface area contributed by atoms with Gasteiger partial charge >= 0.3 is 0 Å². The first-order chi connectivity index (χ1) is 8.56. The van der Waals surface area contributed by atoms with E-state index in [2.05, 4.69) is 38.0 Å². The number of amides is 1. The maximum atomic E-state index is 12.2. The molecular formula is C14H29N3O. The zero-order chi connectivity index (χ0) is 13.5. The highest BCUT2D eigenvalue weighted by atomic mass is 16.2. The minimum atomic E-state index is 0.0616. The Morgan fingerprint density at radius 1 is 1.50 bits per heavy atom. The Hall–Kier alpha value is -0.610. The Balaban J connectivity index is 2.31. The van der Waals surface area contributed by atoms with Crippen molar-refractivity contribution in [3.63, 3.8) is 0 Å². The van der Waals surface area contributed by atoms with Crippen molar-refractivity contribution in [1.82, 2.24) is 15.1 Å². The van der Waals surface area contributed by atoms with Crippen molar-refractivity contribution in [2.24, 2.45) is 0 Å². The van der Waals surface area contributed by atoms with E-state index in [9.17, 15) is 4.79 Å². The van der Waals surface area contributed by atoms with E-state index in [0.717, 1.165) is 45.4 Å². The Morgan fingerprint density at radius 2 is 2.22 bits per heavy atom. The summed E-state index contributed by atoms with van der Waals surface area (Å²) in [5.41, 5.74) is 0. The molecule has 0 aromatic heterocycles. The molecule has 18 heavy (non-hydrogen) atoms. The largest absolute Gasteiger partial charge is 0.341 e. The molecule has 1 fully saturated rings. The fourth-order valence-corrected chi connectivity index (χ4v) is 2.37. The lowest BCUT2D eigenvalue weighted by Crippen LogP contribution is -2.51. The third kappa shape index (κ3) is 4.58. The average molecular weight is 255 g/mol. The van der Waals surface area contributed by atoms with E-state index in [4.69, 9.17) is 0 Å². The molecule has 1 rings (SSSR count). The van der Waals surface area contributed by atoms with Crippen molar-refractivity contribution < 1.29 is 4.79 Å². The molecular weight excluding hydrogens is 226 g/mol. The predicted octanol–water partition coefficient (Wildman–Crippen LogP) is 1.32. The second-order valence-corrected chi connectivity index (χ2v) is 5.51. The number of hydrogen-bond acceptors (Lipinski definition) is 3. The highest BCUT2D eigenvalue weighted by Crippen LogP contribution is 2.12. The van der Waals surface area contributed by atoms with Gasteiger partial charge in [-0.1, -0.05) is 6.92 Å². The van der Waals surface area contributed by atoms with E-state index in [-0.39, 0.29) is 6.04 Å². The van der Waals surface area contributed by atoms with E-state index in [1.54, 1.807) is 0 Å². The molecule has 1 atom stereocenters. The Morgan fingerprint density at radius 3 is 2.83 bits per heavy atom. The van der Waals surface area contributed by atoms with Crippen molar-refractivity contribution in [3.05, 3.63) is 0 Å². The summed E-state index contributed by atoms with van der Waals surface area (Å²) in [6.45, 7) is 10.2. The first-order valence-electron chi connectivity index (χ1n) is 7.28. The highest BCUT2D eigenvalue weighted by Gasteiger charge is 2.27. The maximum Gasteiger partial charge on any atom is 0.239 e. The highest BCUT2D eigenvalue weighted by molar-refractivity contribution is 5.82. The van der Waals surface area contributed by atoms with Crippen LogP contribution in [-0.2, 0) is 4.79 Å². The first-order valence-corrected chi connectivity index (χ1v) is 7.28. The number of nitrogens with zero attached hydrogens (tertiary/aromatic N) is 2. The summed E-state index contributed by atoms with van der Waals surface area (Å²) in [4.78, 5) is 16.5. The van der Waals surface area contributed by atoms with Crippen LogP contribution in [0.2, 0.25) is 0 Å². The van der Waals surface area contributed by atoms with Gasteiger partial charge in [0.15, 0.2) is 0 Å². The number of hydrogen-bond donors (Lipinski definition) is 1. The van der Waals surface area contributed by atoms with Crippen LogP contribution in [0.15, 0.2) is 0 Å².